The zero-order valence-corrected chi connectivity index (χ0v) is 11.6. The first-order chi connectivity index (χ1) is 9.63. The maximum Gasteiger partial charge on any atom is 0.232 e. The van der Waals surface area contributed by atoms with Gasteiger partial charge in [-0.25, -0.2) is 4.39 Å². The topological polar surface area (TPSA) is 67.8 Å². The number of hydrogen-bond acceptors (Lipinski definition) is 5. The number of alkyl halides is 1. The number of aromatic nitrogens is 3. The van der Waals surface area contributed by atoms with Gasteiger partial charge in [-0.1, -0.05) is 17.4 Å². The maximum absolute atomic E-state index is 12.6. The lowest BCUT2D eigenvalue weighted by atomic mass is 10.2. The predicted molar refractivity (Wildman–Crippen MR) is 75.1 cm³/mol. The molecule has 1 amide bonds. The highest BCUT2D eigenvalue weighted by atomic mass is 32.1. The van der Waals surface area contributed by atoms with Crippen molar-refractivity contribution in [2.45, 2.75) is 25.4 Å². The van der Waals surface area contributed by atoms with E-state index < -0.39 is 6.17 Å². The van der Waals surface area contributed by atoms with E-state index in [2.05, 4.69) is 27.4 Å². The number of aryl methyl sites for hydroxylation is 1. The number of nitrogens with one attached hydrogen (secondary N) is 1. The third kappa shape index (κ3) is 4.65. The average Bonchev–Trinajstić information content (AvgIpc) is 2.85. The van der Waals surface area contributed by atoms with Crippen LogP contribution < -0.4 is 5.32 Å². The molecule has 1 radical (unpaired) electrons. The second-order valence-electron chi connectivity index (χ2n) is 4.18. The van der Waals surface area contributed by atoms with Gasteiger partial charge in [0.05, 0.1) is 6.42 Å². The lowest BCUT2D eigenvalue weighted by Crippen LogP contribution is -2.14. The Morgan fingerprint density at radius 3 is 3.00 bits per heavy atom. The summed E-state index contributed by atoms with van der Waals surface area (Å²) < 4.78 is 12.6. The summed E-state index contributed by atoms with van der Waals surface area (Å²) in [6.07, 6.45) is 1.48. The minimum absolute atomic E-state index is 0.182. The van der Waals surface area contributed by atoms with Crippen LogP contribution in [-0.4, -0.2) is 27.3 Å². The Hall–Kier alpha value is -1.89. The summed E-state index contributed by atoms with van der Waals surface area (Å²) in [4.78, 5) is 15.8. The van der Waals surface area contributed by atoms with Crippen LogP contribution in [0, 0.1) is 6.92 Å². The molecule has 2 aromatic heterocycles. The van der Waals surface area contributed by atoms with Crippen molar-refractivity contribution in [3.63, 3.8) is 0 Å². The minimum Gasteiger partial charge on any atom is -0.300 e. The van der Waals surface area contributed by atoms with Crippen molar-refractivity contribution in [3.05, 3.63) is 42.0 Å². The summed E-state index contributed by atoms with van der Waals surface area (Å²) in [5.41, 5.74) is 0.687. The minimum atomic E-state index is -1.11. The molecule has 0 fully saturated rings. The molecule has 0 spiro atoms. The first-order valence-electron chi connectivity index (χ1n) is 6.13. The summed E-state index contributed by atoms with van der Waals surface area (Å²) in [5.74, 6) is -0.202. The molecule has 0 unspecified atom stereocenters. The van der Waals surface area contributed by atoms with Crippen molar-refractivity contribution in [2.75, 3.05) is 5.32 Å². The molecule has 105 valence electrons. The molecule has 2 heterocycles. The molecule has 0 saturated heterocycles. The van der Waals surface area contributed by atoms with Crippen LogP contribution in [0.4, 0.5) is 9.52 Å². The van der Waals surface area contributed by atoms with Gasteiger partial charge in [0.25, 0.3) is 0 Å². The van der Waals surface area contributed by atoms with Gasteiger partial charge in [-0.05, 0) is 25.5 Å². The molecule has 0 aromatic carbocycles. The summed E-state index contributed by atoms with van der Waals surface area (Å²) in [7, 11) is 0. The smallest absolute Gasteiger partial charge is 0.232 e. The van der Waals surface area contributed by atoms with Crippen LogP contribution in [0.25, 0.3) is 0 Å². The monoisotopic (exact) mass is 293 g/mol. The van der Waals surface area contributed by atoms with E-state index in [1.165, 1.54) is 11.3 Å². The van der Waals surface area contributed by atoms with E-state index in [0.29, 0.717) is 28.7 Å². The Morgan fingerprint density at radius 2 is 2.30 bits per heavy atom. The number of hydrogen-bond donors (Lipinski definition) is 1. The molecule has 1 N–H and O–H groups in total. The van der Waals surface area contributed by atoms with E-state index in [-0.39, 0.29) is 12.3 Å². The van der Waals surface area contributed by atoms with Crippen molar-refractivity contribution in [1.82, 2.24) is 15.2 Å². The highest BCUT2D eigenvalue weighted by molar-refractivity contribution is 7.15. The number of amides is 1. The number of carbonyl (C=O) groups excluding carboxylic acids is 1. The maximum atomic E-state index is 12.6. The van der Waals surface area contributed by atoms with Gasteiger partial charge in [0.15, 0.2) is 0 Å². The molecule has 20 heavy (non-hydrogen) atoms. The van der Waals surface area contributed by atoms with E-state index in [9.17, 15) is 9.18 Å². The second-order valence-corrected chi connectivity index (χ2v) is 5.25. The fourth-order valence-electron chi connectivity index (χ4n) is 1.52. The second kappa shape index (κ2) is 7.04. The number of nitrogens with zero attached hydrogens (tertiary/aromatic N) is 3. The Balaban J connectivity index is 1.85. The molecule has 0 bridgehead atoms. The highest BCUT2D eigenvalue weighted by Crippen LogP contribution is 2.17. The Morgan fingerprint density at radius 1 is 1.45 bits per heavy atom. The molecule has 1 atom stereocenters. The van der Waals surface area contributed by atoms with E-state index in [1.54, 1.807) is 18.3 Å². The predicted octanol–water partition coefficient (Wildman–Crippen LogP) is 2.22. The molecule has 7 heteroatoms. The van der Waals surface area contributed by atoms with Crippen LogP contribution in [0.1, 0.15) is 17.1 Å². The van der Waals surface area contributed by atoms with Crippen molar-refractivity contribution < 1.29 is 9.18 Å². The number of carbonyl (C=O) groups is 1. The molecular formula is C13H14FN4OS. The van der Waals surface area contributed by atoms with Crippen LogP contribution in [-0.2, 0) is 17.6 Å². The van der Waals surface area contributed by atoms with Gasteiger partial charge >= 0.3 is 0 Å². The Bertz CT molecular complexity index is 559. The van der Waals surface area contributed by atoms with E-state index in [1.807, 2.05) is 6.07 Å². The molecule has 0 aliphatic carbocycles. The van der Waals surface area contributed by atoms with Crippen molar-refractivity contribution in [2.24, 2.45) is 0 Å². The Kier molecular flexibility index (Phi) is 5.11. The van der Waals surface area contributed by atoms with Gasteiger partial charge in [0.1, 0.15) is 11.2 Å². The first kappa shape index (κ1) is 14.5. The third-order valence-corrected chi connectivity index (χ3v) is 3.35. The normalized spacial score (nSPS) is 12.1. The van der Waals surface area contributed by atoms with E-state index in [4.69, 9.17) is 0 Å². The summed E-state index contributed by atoms with van der Waals surface area (Å²) in [5, 5.41) is 11.5. The molecule has 0 saturated carbocycles. The van der Waals surface area contributed by atoms with Crippen LogP contribution in [0.5, 0.6) is 0 Å². The number of rotatable bonds is 6. The van der Waals surface area contributed by atoms with Crippen molar-refractivity contribution in [3.8, 4) is 0 Å². The van der Waals surface area contributed by atoms with Gasteiger partial charge in [0, 0.05) is 18.3 Å². The van der Waals surface area contributed by atoms with Gasteiger partial charge in [-0.15, -0.1) is 10.2 Å². The molecule has 2 aromatic rings. The highest BCUT2D eigenvalue weighted by Gasteiger charge is 2.10. The standard InChI is InChI=1S/C13H14FN4OS/c1-9(14)5-6-12-17-18-13(20-12)16-11(19)8-10-4-2-3-7-15-10/h2-4,7,9H,1,5-6,8H2,(H,16,18,19)/t9-/m1/s1. The van der Waals surface area contributed by atoms with Crippen LogP contribution in [0.3, 0.4) is 0 Å². The molecular weight excluding hydrogens is 279 g/mol. The lowest BCUT2D eigenvalue weighted by molar-refractivity contribution is -0.115. The van der Waals surface area contributed by atoms with Crippen LogP contribution >= 0.6 is 11.3 Å². The molecule has 2 rings (SSSR count). The summed E-state index contributed by atoms with van der Waals surface area (Å²) in [6.45, 7) is 3.27. The van der Waals surface area contributed by atoms with Crippen LogP contribution in [0.2, 0.25) is 0 Å². The van der Waals surface area contributed by atoms with Crippen molar-refractivity contribution >= 4 is 22.4 Å². The summed E-state index contributed by atoms with van der Waals surface area (Å²) in [6, 6.07) is 5.39. The molecule has 0 aliphatic heterocycles. The zero-order valence-electron chi connectivity index (χ0n) is 10.8. The number of pyridine rings is 1. The van der Waals surface area contributed by atoms with Gasteiger partial charge in [-0.2, -0.15) is 0 Å². The van der Waals surface area contributed by atoms with E-state index >= 15 is 0 Å². The fraction of sp³-hybridized carbons (Fsp3) is 0.308. The first-order valence-corrected chi connectivity index (χ1v) is 6.94. The summed E-state index contributed by atoms with van der Waals surface area (Å²) >= 11 is 1.24. The molecule has 5 nitrogen and oxygen atoms in total. The number of anilines is 1. The quantitative estimate of drug-likeness (QED) is 0.886. The average molecular weight is 293 g/mol. The zero-order chi connectivity index (χ0) is 14.4. The van der Waals surface area contributed by atoms with Gasteiger partial charge in [0.2, 0.25) is 11.0 Å². The lowest BCUT2D eigenvalue weighted by Gasteiger charge is -2.00. The third-order valence-electron chi connectivity index (χ3n) is 2.45. The van der Waals surface area contributed by atoms with Crippen molar-refractivity contribution in [1.29, 1.82) is 0 Å². The van der Waals surface area contributed by atoms with Gasteiger partial charge in [-0.3, -0.25) is 9.78 Å². The fourth-order valence-corrected chi connectivity index (χ4v) is 2.29. The van der Waals surface area contributed by atoms with Crippen LogP contribution in [0.15, 0.2) is 24.4 Å². The largest absolute Gasteiger partial charge is 0.300 e. The van der Waals surface area contributed by atoms with E-state index in [0.717, 1.165) is 0 Å². The SMILES string of the molecule is [CH2][C@@H](F)CCc1nnc(NC(=O)Cc2ccccn2)s1. The Labute approximate surface area is 120 Å². The molecule has 0 aliphatic rings. The number of halogens is 1. The van der Waals surface area contributed by atoms with Gasteiger partial charge < -0.3 is 5.32 Å².